The van der Waals surface area contributed by atoms with Gasteiger partial charge in [-0.1, -0.05) is 29.7 Å². The first kappa shape index (κ1) is 12.4. The Morgan fingerprint density at radius 3 is 2.73 bits per heavy atom. The van der Waals surface area contributed by atoms with Crippen molar-refractivity contribution in [1.82, 2.24) is 5.32 Å². The third-order valence-electron chi connectivity index (χ3n) is 1.85. The number of benzene rings is 1. The van der Waals surface area contributed by atoms with Crippen molar-refractivity contribution in [1.29, 1.82) is 0 Å². The minimum Gasteiger partial charge on any atom is -0.312 e. The molecule has 0 atom stereocenters. The highest BCUT2D eigenvalue weighted by Crippen LogP contribution is 2.09. The second-order valence-electron chi connectivity index (χ2n) is 3.06. The predicted octanol–water partition coefficient (Wildman–Crippen LogP) is 2.80. The van der Waals surface area contributed by atoms with Crippen LogP contribution in [-0.2, 0) is 6.54 Å². The van der Waals surface area contributed by atoms with Crippen molar-refractivity contribution in [3.05, 3.63) is 34.9 Å². The Morgan fingerprint density at radius 2 is 2.07 bits per heavy atom. The lowest BCUT2D eigenvalue weighted by molar-refractivity contribution is 0.732. The van der Waals surface area contributed by atoms with Crippen molar-refractivity contribution in [3.8, 4) is 12.3 Å². The summed E-state index contributed by atoms with van der Waals surface area (Å²) >= 11 is 7.56. The fourth-order valence-corrected chi connectivity index (χ4v) is 1.79. The van der Waals surface area contributed by atoms with Gasteiger partial charge in [0.1, 0.15) is 0 Å². The molecule has 1 N–H and O–H groups in total. The lowest BCUT2D eigenvalue weighted by Crippen LogP contribution is -2.16. The Labute approximate surface area is 101 Å². The molecule has 15 heavy (non-hydrogen) atoms. The van der Waals surface area contributed by atoms with Gasteiger partial charge in [-0.25, -0.2) is 0 Å². The Kier molecular flexibility index (Phi) is 6.34. The van der Waals surface area contributed by atoms with Gasteiger partial charge in [-0.3, -0.25) is 0 Å². The molecule has 0 saturated carbocycles. The van der Waals surface area contributed by atoms with Crippen molar-refractivity contribution < 1.29 is 0 Å². The number of hydrogen-bond donors (Lipinski definition) is 1. The number of halogens is 1. The summed E-state index contributed by atoms with van der Waals surface area (Å²) in [6, 6.07) is 7.88. The van der Waals surface area contributed by atoms with E-state index < -0.39 is 0 Å². The standard InChI is InChI=1S/C12H14ClNS/c1-2-8-15-9-7-14-10-11-3-5-12(13)6-4-11/h1,3-6,14H,7-10H2. The van der Waals surface area contributed by atoms with Gasteiger partial charge < -0.3 is 5.32 Å². The number of hydrogen-bond acceptors (Lipinski definition) is 2. The maximum Gasteiger partial charge on any atom is 0.0545 e. The van der Waals surface area contributed by atoms with Crippen LogP contribution in [0.1, 0.15) is 5.56 Å². The quantitative estimate of drug-likeness (QED) is 0.605. The fourth-order valence-electron chi connectivity index (χ4n) is 1.11. The zero-order chi connectivity index (χ0) is 10.9. The van der Waals surface area contributed by atoms with E-state index in [2.05, 4.69) is 11.2 Å². The fraction of sp³-hybridized carbons (Fsp3) is 0.333. The van der Waals surface area contributed by atoms with Crippen molar-refractivity contribution >= 4 is 23.4 Å². The van der Waals surface area contributed by atoms with E-state index in [4.69, 9.17) is 18.0 Å². The lowest BCUT2D eigenvalue weighted by Gasteiger charge is -2.03. The molecule has 0 amide bonds. The van der Waals surface area contributed by atoms with Crippen molar-refractivity contribution in [2.45, 2.75) is 6.54 Å². The third kappa shape index (κ3) is 5.74. The van der Waals surface area contributed by atoms with Gasteiger partial charge in [0.2, 0.25) is 0 Å². The molecule has 0 fully saturated rings. The van der Waals surface area contributed by atoms with Crippen LogP contribution in [0, 0.1) is 12.3 Å². The van der Waals surface area contributed by atoms with Gasteiger partial charge in [-0.05, 0) is 17.7 Å². The van der Waals surface area contributed by atoms with Gasteiger partial charge in [-0.15, -0.1) is 18.2 Å². The first-order valence-corrected chi connectivity index (χ1v) is 6.32. The molecule has 0 aliphatic carbocycles. The average Bonchev–Trinajstić information content (AvgIpc) is 2.26. The van der Waals surface area contributed by atoms with Gasteiger partial charge in [0.25, 0.3) is 0 Å². The SMILES string of the molecule is C#CCSCCNCc1ccc(Cl)cc1. The Bertz CT molecular complexity index is 315. The summed E-state index contributed by atoms with van der Waals surface area (Å²) in [7, 11) is 0. The Balaban J connectivity index is 2.10. The highest BCUT2D eigenvalue weighted by Gasteiger charge is 1.92. The molecule has 1 aromatic rings. The first-order chi connectivity index (χ1) is 7.33. The average molecular weight is 240 g/mol. The molecule has 0 bridgehead atoms. The molecule has 1 nitrogen and oxygen atoms in total. The number of terminal acetylenes is 1. The molecule has 1 aromatic carbocycles. The van der Waals surface area contributed by atoms with E-state index in [9.17, 15) is 0 Å². The molecule has 0 aromatic heterocycles. The third-order valence-corrected chi connectivity index (χ3v) is 2.97. The number of rotatable bonds is 6. The van der Waals surface area contributed by atoms with Gasteiger partial charge in [-0.2, -0.15) is 0 Å². The summed E-state index contributed by atoms with van der Waals surface area (Å²) in [6.07, 6.45) is 5.14. The number of nitrogens with one attached hydrogen (secondary N) is 1. The van der Waals surface area contributed by atoms with Gasteiger partial charge in [0, 0.05) is 23.9 Å². The van der Waals surface area contributed by atoms with E-state index in [-0.39, 0.29) is 0 Å². The minimum absolute atomic E-state index is 0.781. The van der Waals surface area contributed by atoms with Crippen LogP contribution in [0.3, 0.4) is 0 Å². The van der Waals surface area contributed by atoms with Crippen LogP contribution in [0.5, 0.6) is 0 Å². The van der Waals surface area contributed by atoms with Crippen LogP contribution >= 0.6 is 23.4 Å². The van der Waals surface area contributed by atoms with Gasteiger partial charge >= 0.3 is 0 Å². The summed E-state index contributed by atoms with van der Waals surface area (Å²) in [5.74, 6) is 4.45. The molecule has 0 unspecified atom stereocenters. The van der Waals surface area contributed by atoms with E-state index in [0.29, 0.717) is 0 Å². The molecule has 3 heteroatoms. The summed E-state index contributed by atoms with van der Waals surface area (Å²) in [4.78, 5) is 0. The zero-order valence-corrected chi connectivity index (χ0v) is 10.1. The predicted molar refractivity (Wildman–Crippen MR) is 69.3 cm³/mol. The first-order valence-electron chi connectivity index (χ1n) is 4.79. The molecule has 0 aliphatic rings. The monoisotopic (exact) mass is 239 g/mol. The molecular formula is C12H14ClNS. The van der Waals surface area contributed by atoms with E-state index in [1.54, 1.807) is 11.8 Å². The van der Waals surface area contributed by atoms with E-state index in [1.807, 2.05) is 24.3 Å². The molecule has 1 rings (SSSR count). The van der Waals surface area contributed by atoms with E-state index in [0.717, 1.165) is 29.6 Å². The summed E-state index contributed by atoms with van der Waals surface area (Å²) < 4.78 is 0. The maximum atomic E-state index is 5.79. The highest BCUT2D eigenvalue weighted by atomic mass is 35.5. The molecule has 0 heterocycles. The molecule has 80 valence electrons. The largest absolute Gasteiger partial charge is 0.312 e. The van der Waals surface area contributed by atoms with Crippen LogP contribution in [-0.4, -0.2) is 18.1 Å². The summed E-state index contributed by atoms with van der Waals surface area (Å²) in [5, 5.41) is 4.13. The molecule has 0 spiro atoms. The lowest BCUT2D eigenvalue weighted by atomic mass is 10.2. The molecule has 0 aliphatic heterocycles. The van der Waals surface area contributed by atoms with Gasteiger partial charge in [0.15, 0.2) is 0 Å². The van der Waals surface area contributed by atoms with Gasteiger partial charge in [0.05, 0.1) is 5.75 Å². The van der Waals surface area contributed by atoms with E-state index >= 15 is 0 Å². The van der Waals surface area contributed by atoms with Crippen LogP contribution < -0.4 is 5.32 Å². The summed E-state index contributed by atoms with van der Waals surface area (Å²) in [6.45, 7) is 1.86. The topological polar surface area (TPSA) is 12.0 Å². The van der Waals surface area contributed by atoms with Crippen LogP contribution in [0.15, 0.2) is 24.3 Å². The second kappa shape index (κ2) is 7.64. The normalized spacial score (nSPS) is 9.87. The van der Waals surface area contributed by atoms with Crippen molar-refractivity contribution in [3.63, 3.8) is 0 Å². The Hall–Kier alpha value is -0.620. The van der Waals surface area contributed by atoms with Crippen LogP contribution in [0.2, 0.25) is 5.02 Å². The smallest absolute Gasteiger partial charge is 0.0545 e. The molecular weight excluding hydrogens is 226 g/mol. The van der Waals surface area contributed by atoms with Crippen molar-refractivity contribution in [2.75, 3.05) is 18.1 Å². The zero-order valence-electron chi connectivity index (χ0n) is 8.50. The maximum absolute atomic E-state index is 5.79. The minimum atomic E-state index is 0.781. The Morgan fingerprint density at radius 1 is 1.33 bits per heavy atom. The van der Waals surface area contributed by atoms with E-state index in [1.165, 1.54) is 5.56 Å². The number of thioether (sulfide) groups is 1. The second-order valence-corrected chi connectivity index (χ2v) is 4.60. The summed E-state index contributed by atoms with van der Waals surface area (Å²) in [5.41, 5.74) is 1.25. The molecule has 0 radical (unpaired) electrons. The van der Waals surface area contributed by atoms with Crippen LogP contribution in [0.25, 0.3) is 0 Å². The molecule has 0 saturated heterocycles. The highest BCUT2D eigenvalue weighted by molar-refractivity contribution is 7.99. The van der Waals surface area contributed by atoms with Crippen LogP contribution in [0.4, 0.5) is 0 Å². The van der Waals surface area contributed by atoms with Crippen molar-refractivity contribution in [2.24, 2.45) is 0 Å².